The highest BCUT2D eigenvalue weighted by Crippen LogP contribution is 2.07. The Labute approximate surface area is 321 Å². The third kappa shape index (κ3) is 51.4. The van der Waals surface area contributed by atoms with Crippen molar-refractivity contribution in [2.45, 2.75) is 58.3 Å². The number of aliphatic hydroxyl groups is 1. The van der Waals surface area contributed by atoms with Crippen molar-refractivity contribution in [3.8, 4) is 0 Å². The third-order valence-corrected chi connectivity index (χ3v) is 7.33. The number of nitrogens with one attached hydrogen (secondary N) is 1. The maximum Gasteiger partial charge on any atom is 0.0701 e. The summed E-state index contributed by atoms with van der Waals surface area (Å²) in [5, 5.41) is 12.0. The molecule has 0 fully saturated rings. The fourth-order valence-corrected chi connectivity index (χ4v) is 4.46. The zero-order chi connectivity index (χ0) is 38.1. The van der Waals surface area contributed by atoms with Gasteiger partial charge in [0.2, 0.25) is 0 Å². The Morgan fingerprint density at radius 1 is 0.264 bits per heavy atom. The van der Waals surface area contributed by atoms with Crippen LogP contribution in [0.4, 0.5) is 0 Å². The molecule has 0 aromatic rings. The first-order valence-corrected chi connectivity index (χ1v) is 20.2. The number of aliphatic hydroxyl groups excluding tert-OH is 1. The molecule has 0 aliphatic heterocycles. The predicted octanol–water partition coefficient (Wildman–Crippen LogP) is 2.92. The molecule has 0 rings (SSSR count). The molecule has 0 aliphatic rings. The van der Waals surface area contributed by atoms with Crippen LogP contribution in [0.1, 0.15) is 58.3 Å². The van der Waals surface area contributed by atoms with Gasteiger partial charge in [-0.05, 0) is 13.0 Å². The van der Waals surface area contributed by atoms with Crippen molar-refractivity contribution in [1.82, 2.24) is 5.32 Å². The van der Waals surface area contributed by atoms with Crippen LogP contribution in [-0.4, -0.2) is 197 Å². The van der Waals surface area contributed by atoms with Gasteiger partial charge < -0.3 is 72.0 Å². The molecule has 0 aromatic carbocycles. The minimum absolute atomic E-state index is 0.0252. The topological polar surface area (TPSA) is 152 Å². The van der Waals surface area contributed by atoms with E-state index in [0.717, 1.165) is 19.7 Å². The monoisotopic (exact) mass is 774 g/mol. The summed E-state index contributed by atoms with van der Waals surface area (Å²) in [4.78, 5) is 0. The SMILES string of the molecule is CCCCCCCCCCNCCOCCOCCOCCOCCOCCOCCOCCOCCOCCOCCOCCOCCOCCO. The van der Waals surface area contributed by atoms with Crippen molar-refractivity contribution in [1.29, 1.82) is 0 Å². The molecule has 0 saturated heterocycles. The third-order valence-electron chi connectivity index (χ3n) is 7.33. The Hall–Kier alpha value is -0.600. The van der Waals surface area contributed by atoms with E-state index in [0.29, 0.717) is 165 Å². The summed E-state index contributed by atoms with van der Waals surface area (Å²) < 4.78 is 70.9. The summed E-state index contributed by atoms with van der Waals surface area (Å²) in [6, 6.07) is 0. The van der Waals surface area contributed by atoms with Crippen LogP contribution in [0, 0.1) is 0 Å². The molecule has 0 amide bonds. The second kappa shape index (κ2) is 51.4. The minimum Gasteiger partial charge on any atom is -0.394 e. The van der Waals surface area contributed by atoms with Crippen molar-refractivity contribution < 1.29 is 66.7 Å². The van der Waals surface area contributed by atoms with E-state index in [1.807, 2.05) is 0 Å². The molecule has 0 atom stereocenters. The van der Waals surface area contributed by atoms with Crippen LogP contribution in [0.3, 0.4) is 0 Å². The predicted molar refractivity (Wildman–Crippen MR) is 203 cm³/mol. The quantitative estimate of drug-likeness (QED) is 0.0872. The van der Waals surface area contributed by atoms with Crippen LogP contribution < -0.4 is 5.32 Å². The number of ether oxygens (including phenoxy) is 13. The molecular formula is C38H79NO14. The molecule has 0 aromatic heterocycles. The second-order valence-corrected chi connectivity index (χ2v) is 11.9. The van der Waals surface area contributed by atoms with E-state index in [1.165, 1.54) is 51.4 Å². The van der Waals surface area contributed by atoms with E-state index in [2.05, 4.69) is 12.2 Å². The van der Waals surface area contributed by atoms with Crippen molar-refractivity contribution in [3.63, 3.8) is 0 Å². The van der Waals surface area contributed by atoms with Gasteiger partial charge in [-0.3, -0.25) is 0 Å². The van der Waals surface area contributed by atoms with E-state index in [9.17, 15) is 0 Å². The van der Waals surface area contributed by atoms with Gasteiger partial charge in [0.1, 0.15) is 0 Å². The molecule has 2 N–H and O–H groups in total. The normalized spacial score (nSPS) is 11.7. The number of hydrogen-bond donors (Lipinski definition) is 2. The zero-order valence-electron chi connectivity index (χ0n) is 33.4. The lowest BCUT2D eigenvalue weighted by atomic mass is 10.1. The highest BCUT2D eigenvalue weighted by molar-refractivity contribution is 4.50. The molecule has 0 spiro atoms. The average molecular weight is 774 g/mol. The molecule has 0 aliphatic carbocycles. The summed E-state index contributed by atoms with van der Waals surface area (Å²) in [5.74, 6) is 0. The van der Waals surface area contributed by atoms with E-state index in [1.54, 1.807) is 0 Å². The summed E-state index contributed by atoms with van der Waals surface area (Å²) in [6.07, 6.45) is 10.8. The summed E-state index contributed by atoms with van der Waals surface area (Å²) in [5.41, 5.74) is 0. The van der Waals surface area contributed by atoms with Gasteiger partial charge in [-0.15, -0.1) is 0 Å². The lowest BCUT2D eigenvalue weighted by Crippen LogP contribution is -2.22. The van der Waals surface area contributed by atoms with Crippen molar-refractivity contribution in [2.75, 3.05) is 191 Å². The minimum atomic E-state index is 0.0252. The largest absolute Gasteiger partial charge is 0.394 e. The number of hydrogen-bond acceptors (Lipinski definition) is 15. The van der Waals surface area contributed by atoms with E-state index in [4.69, 9.17) is 66.7 Å². The smallest absolute Gasteiger partial charge is 0.0701 e. The Morgan fingerprint density at radius 3 is 0.755 bits per heavy atom. The van der Waals surface area contributed by atoms with Gasteiger partial charge in [-0.2, -0.15) is 0 Å². The van der Waals surface area contributed by atoms with Crippen LogP contribution in [0.15, 0.2) is 0 Å². The lowest BCUT2D eigenvalue weighted by molar-refractivity contribution is -0.0292. The Bertz CT molecular complexity index is 579. The van der Waals surface area contributed by atoms with Crippen LogP contribution >= 0.6 is 0 Å². The Morgan fingerprint density at radius 2 is 0.491 bits per heavy atom. The fourth-order valence-electron chi connectivity index (χ4n) is 4.46. The van der Waals surface area contributed by atoms with Gasteiger partial charge in [0.15, 0.2) is 0 Å². The molecule has 320 valence electrons. The van der Waals surface area contributed by atoms with Crippen molar-refractivity contribution in [2.24, 2.45) is 0 Å². The maximum absolute atomic E-state index is 8.59. The van der Waals surface area contributed by atoms with Gasteiger partial charge in [0.25, 0.3) is 0 Å². The lowest BCUT2D eigenvalue weighted by Gasteiger charge is -2.09. The molecule has 0 saturated carbocycles. The van der Waals surface area contributed by atoms with E-state index >= 15 is 0 Å². The average Bonchev–Trinajstić information content (AvgIpc) is 3.17. The van der Waals surface area contributed by atoms with E-state index < -0.39 is 0 Å². The molecule has 0 radical (unpaired) electrons. The first-order chi connectivity index (χ1) is 26.4. The summed E-state index contributed by atoms with van der Waals surface area (Å²) >= 11 is 0. The molecule has 15 heteroatoms. The van der Waals surface area contributed by atoms with Crippen LogP contribution in [-0.2, 0) is 61.6 Å². The Balaban J connectivity index is 3.05. The molecule has 0 heterocycles. The highest BCUT2D eigenvalue weighted by atomic mass is 16.6. The fraction of sp³-hybridized carbons (Fsp3) is 1.00. The van der Waals surface area contributed by atoms with Crippen LogP contribution in [0.25, 0.3) is 0 Å². The standard InChI is InChI=1S/C38H79NO14/c1-2-3-4-5-6-7-8-9-10-39-11-13-41-15-17-43-19-21-45-23-25-47-27-29-49-31-33-51-35-37-53-38-36-52-34-32-50-30-28-48-26-24-46-22-20-44-18-16-42-14-12-40/h39-40H,2-38H2,1H3. The summed E-state index contributed by atoms with van der Waals surface area (Å²) in [7, 11) is 0. The number of rotatable bonds is 50. The molecule has 0 unspecified atom stereocenters. The van der Waals surface area contributed by atoms with Gasteiger partial charge in [0.05, 0.1) is 178 Å². The number of unbranched alkanes of at least 4 members (excludes halogenated alkanes) is 7. The zero-order valence-corrected chi connectivity index (χ0v) is 33.4. The molecule has 0 bridgehead atoms. The van der Waals surface area contributed by atoms with Gasteiger partial charge >= 0.3 is 0 Å². The molecule has 53 heavy (non-hydrogen) atoms. The van der Waals surface area contributed by atoms with Gasteiger partial charge in [0, 0.05) is 6.54 Å². The van der Waals surface area contributed by atoms with Crippen molar-refractivity contribution in [3.05, 3.63) is 0 Å². The molecule has 15 nitrogen and oxygen atoms in total. The first kappa shape index (κ1) is 52.4. The van der Waals surface area contributed by atoms with Crippen LogP contribution in [0.2, 0.25) is 0 Å². The Kier molecular flexibility index (Phi) is 50.8. The first-order valence-electron chi connectivity index (χ1n) is 20.2. The van der Waals surface area contributed by atoms with Crippen molar-refractivity contribution >= 4 is 0 Å². The maximum atomic E-state index is 8.59. The van der Waals surface area contributed by atoms with Gasteiger partial charge in [-0.1, -0.05) is 51.9 Å². The summed E-state index contributed by atoms with van der Waals surface area (Å²) in [6.45, 7) is 17.7. The second-order valence-electron chi connectivity index (χ2n) is 11.9. The van der Waals surface area contributed by atoms with E-state index in [-0.39, 0.29) is 6.61 Å². The van der Waals surface area contributed by atoms with Gasteiger partial charge in [-0.25, -0.2) is 0 Å². The van der Waals surface area contributed by atoms with Crippen LogP contribution in [0.5, 0.6) is 0 Å². The molecular weight excluding hydrogens is 694 g/mol. The highest BCUT2D eigenvalue weighted by Gasteiger charge is 1.98.